The largest absolute Gasteiger partial charge is 0.418 e. The molecule has 1 aromatic rings. The van der Waals surface area contributed by atoms with E-state index >= 15 is 0 Å². The van der Waals surface area contributed by atoms with Gasteiger partial charge in [0.15, 0.2) is 0 Å². The summed E-state index contributed by atoms with van der Waals surface area (Å²) < 4.78 is 39.1. The zero-order valence-corrected chi connectivity index (χ0v) is 12.5. The maximum absolute atomic E-state index is 13.0. The molecule has 0 aliphatic carbocycles. The fourth-order valence-corrected chi connectivity index (χ4v) is 2.43. The smallest absolute Gasteiger partial charge is 0.356 e. The lowest BCUT2D eigenvalue weighted by Gasteiger charge is -2.17. The molecular weight excluding hydrogens is 324 g/mol. The molecule has 1 aliphatic rings. The van der Waals surface area contributed by atoms with Crippen LogP contribution in [0.2, 0.25) is 5.02 Å². The van der Waals surface area contributed by atoms with E-state index in [2.05, 4.69) is 4.99 Å². The minimum absolute atomic E-state index is 0.0413. The monoisotopic (exact) mass is 336 g/mol. The van der Waals surface area contributed by atoms with Crippen molar-refractivity contribution < 1.29 is 13.2 Å². The fourth-order valence-electron chi connectivity index (χ4n) is 2.18. The van der Waals surface area contributed by atoms with E-state index < -0.39 is 11.7 Å². The van der Waals surface area contributed by atoms with Crippen molar-refractivity contribution in [1.82, 2.24) is 4.90 Å². The second-order valence-electron chi connectivity index (χ2n) is 4.60. The molecule has 0 amide bonds. The second kappa shape index (κ2) is 6.71. The van der Waals surface area contributed by atoms with Gasteiger partial charge in [0.25, 0.3) is 0 Å². The average Bonchev–Trinajstić information content (AvgIpc) is 2.84. The highest BCUT2D eigenvalue weighted by atomic mass is 35.5. The molecule has 0 N–H and O–H groups in total. The van der Waals surface area contributed by atoms with Gasteiger partial charge in [-0.05, 0) is 24.6 Å². The SMILES string of the molecule is FC(F)(F)c1cc(Cl)ccc1N=C1CCCN1C/C=C/Cl. The van der Waals surface area contributed by atoms with Crippen LogP contribution < -0.4 is 0 Å². The third kappa shape index (κ3) is 4.14. The molecule has 1 aliphatic heterocycles. The first-order valence-electron chi connectivity index (χ1n) is 6.36. The van der Waals surface area contributed by atoms with Gasteiger partial charge in [0.05, 0.1) is 11.3 Å². The van der Waals surface area contributed by atoms with Gasteiger partial charge in [-0.2, -0.15) is 13.2 Å². The summed E-state index contributed by atoms with van der Waals surface area (Å²) in [5.74, 6) is 0.637. The summed E-state index contributed by atoms with van der Waals surface area (Å²) in [5.41, 5.74) is 0.463. The van der Waals surface area contributed by atoms with Gasteiger partial charge in [-0.1, -0.05) is 29.3 Å². The highest BCUT2D eigenvalue weighted by molar-refractivity contribution is 6.30. The first kappa shape index (κ1) is 16.2. The Morgan fingerprint density at radius 2 is 2.10 bits per heavy atom. The summed E-state index contributed by atoms with van der Waals surface area (Å²) in [6.07, 6.45) is -1.24. The van der Waals surface area contributed by atoms with Crippen LogP contribution in [-0.2, 0) is 6.18 Å². The lowest BCUT2D eigenvalue weighted by atomic mass is 10.1. The average molecular weight is 337 g/mol. The maximum atomic E-state index is 13.0. The minimum atomic E-state index is -4.48. The molecule has 0 unspecified atom stereocenters. The number of likely N-dealkylation sites (tertiary alicyclic amines) is 1. The van der Waals surface area contributed by atoms with E-state index in [0.29, 0.717) is 18.8 Å². The van der Waals surface area contributed by atoms with Crippen LogP contribution in [0.25, 0.3) is 0 Å². The van der Waals surface area contributed by atoms with E-state index in [1.807, 2.05) is 4.90 Å². The van der Waals surface area contributed by atoms with Gasteiger partial charge < -0.3 is 4.90 Å². The Morgan fingerprint density at radius 3 is 2.76 bits per heavy atom. The Hall–Kier alpha value is -1.20. The van der Waals surface area contributed by atoms with E-state index in [4.69, 9.17) is 23.2 Å². The van der Waals surface area contributed by atoms with Crippen molar-refractivity contribution in [2.75, 3.05) is 13.1 Å². The topological polar surface area (TPSA) is 15.6 Å². The number of hydrogen-bond acceptors (Lipinski definition) is 1. The van der Waals surface area contributed by atoms with Gasteiger partial charge in [-0.15, -0.1) is 0 Å². The second-order valence-corrected chi connectivity index (χ2v) is 5.29. The summed E-state index contributed by atoms with van der Waals surface area (Å²) in [7, 11) is 0. The van der Waals surface area contributed by atoms with Crippen molar-refractivity contribution in [1.29, 1.82) is 0 Å². The number of benzene rings is 1. The van der Waals surface area contributed by atoms with Crippen molar-refractivity contribution in [3.05, 3.63) is 40.4 Å². The Morgan fingerprint density at radius 1 is 1.33 bits per heavy atom. The quantitative estimate of drug-likeness (QED) is 0.737. The van der Waals surface area contributed by atoms with Crippen LogP contribution >= 0.6 is 23.2 Å². The summed E-state index contributed by atoms with van der Waals surface area (Å²) in [4.78, 5) is 6.10. The lowest BCUT2D eigenvalue weighted by Crippen LogP contribution is -2.24. The molecule has 2 rings (SSSR count). The van der Waals surface area contributed by atoms with Gasteiger partial charge >= 0.3 is 6.18 Å². The van der Waals surface area contributed by atoms with Crippen molar-refractivity contribution in [2.24, 2.45) is 4.99 Å². The molecule has 1 fully saturated rings. The zero-order valence-electron chi connectivity index (χ0n) is 11.0. The number of aliphatic imine (C=N–C) groups is 1. The van der Waals surface area contributed by atoms with Crippen molar-refractivity contribution in [3.63, 3.8) is 0 Å². The Labute approximate surface area is 130 Å². The summed E-state index contributed by atoms with van der Waals surface area (Å²) in [6, 6.07) is 3.61. The van der Waals surface area contributed by atoms with Gasteiger partial charge in [-0.3, -0.25) is 0 Å². The molecule has 0 saturated carbocycles. The number of rotatable bonds is 3. The first-order chi connectivity index (χ1) is 9.91. The first-order valence-corrected chi connectivity index (χ1v) is 7.17. The van der Waals surface area contributed by atoms with E-state index in [1.165, 1.54) is 17.7 Å². The Kier molecular flexibility index (Phi) is 5.17. The molecule has 0 bridgehead atoms. The molecule has 1 heterocycles. The van der Waals surface area contributed by atoms with Gasteiger partial charge in [-0.25, -0.2) is 4.99 Å². The van der Waals surface area contributed by atoms with Gasteiger partial charge in [0.1, 0.15) is 5.84 Å². The molecule has 1 aromatic carbocycles. The predicted octanol–water partition coefficient (Wildman–Crippen LogP) is 5.24. The van der Waals surface area contributed by atoms with Crippen LogP contribution in [-0.4, -0.2) is 23.8 Å². The Balaban J connectivity index is 2.36. The minimum Gasteiger partial charge on any atom is -0.356 e. The maximum Gasteiger partial charge on any atom is 0.418 e. The summed E-state index contributed by atoms with van der Waals surface area (Å²) in [6.45, 7) is 1.30. The highest BCUT2D eigenvalue weighted by Crippen LogP contribution is 2.38. The molecule has 0 atom stereocenters. The van der Waals surface area contributed by atoms with Crippen LogP contribution in [0.3, 0.4) is 0 Å². The van der Waals surface area contributed by atoms with Crippen LogP contribution in [0.15, 0.2) is 34.8 Å². The number of nitrogens with zero attached hydrogens (tertiary/aromatic N) is 2. The van der Waals surface area contributed by atoms with Crippen LogP contribution in [0.1, 0.15) is 18.4 Å². The number of hydrogen-bond donors (Lipinski definition) is 0. The molecule has 0 aromatic heterocycles. The number of halogens is 5. The summed E-state index contributed by atoms with van der Waals surface area (Å²) >= 11 is 11.1. The van der Waals surface area contributed by atoms with Crippen LogP contribution in [0, 0.1) is 0 Å². The fraction of sp³-hybridized carbons (Fsp3) is 0.357. The normalized spacial score (nSPS) is 18.1. The lowest BCUT2D eigenvalue weighted by molar-refractivity contribution is -0.137. The third-order valence-electron chi connectivity index (χ3n) is 3.12. The standard InChI is InChI=1S/C14H13Cl2F3N2/c15-6-2-8-21-7-1-3-13(21)20-12-5-4-10(16)9-11(12)14(17,18)19/h2,4-6,9H,1,3,7-8H2/b6-2+,20-13?. The highest BCUT2D eigenvalue weighted by Gasteiger charge is 2.34. The molecule has 0 spiro atoms. The molecule has 2 nitrogen and oxygen atoms in total. The molecular formula is C14H13Cl2F3N2. The van der Waals surface area contributed by atoms with Crippen molar-refractivity contribution in [2.45, 2.75) is 19.0 Å². The van der Waals surface area contributed by atoms with Crippen LogP contribution in [0.4, 0.5) is 18.9 Å². The van der Waals surface area contributed by atoms with Crippen molar-refractivity contribution >= 4 is 34.7 Å². The zero-order chi connectivity index (χ0) is 15.5. The summed E-state index contributed by atoms with van der Waals surface area (Å²) in [5, 5.41) is 0.0413. The third-order valence-corrected chi connectivity index (χ3v) is 3.54. The van der Waals surface area contributed by atoms with E-state index in [-0.39, 0.29) is 10.7 Å². The predicted molar refractivity (Wildman–Crippen MR) is 79.3 cm³/mol. The molecule has 21 heavy (non-hydrogen) atoms. The number of alkyl halides is 3. The molecule has 114 valence electrons. The van der Waals surface area contributed by atoms with Gasteiger partial charge in [0.2, 0.25) is 0 Å². The number of amidine groups is 1. The van der Waals surface area contributed by atoms with E-state index in [0.717, 1.165) is 19.0 Å². The van der Waals surface area contributed by atoms with E-state index in [1.54, 1.807) is 6.08 Å². The molecule has 0 radical (unpaired) electrons. The molecule has 1 saturated heterocycles. The van der Waals surface area contributed by atoms with Crippen LogP contribution in [0.5, 0.6) is 0 Å². The van der Waals surface area contributed by atoms with E-state index in [9.17, 15) is 13.2 Å². The van der Waals surface area contributed by atoms with Crippen molar-refractivity contribution in [3.8, 4) is 0 Å². The van der Waals surface area contributed by atoms with Gasteiger partial charge in [0, 0.05) is 30.1 Å². The Bertz CT molecular complexity index is 568. The molecule has 7 heteroatoms.